The van der Waals surface area contributed by atoms with Crippen molar-refractivity contribution in [2.75, 3.05) is 25.2 Å². The molecule has 0 heterocycles. The number of aliphatic hydroxyl groups is 4. The highest BCUT2D eigenvalue weighted by atomic mass is 79.9. The van der Waals surface area contributed by atoms with Crippen LogP contribution in [-0.2, 0) is 14.4 Å². The maximum Gasteiger partial charge on any atom is 0.255 e. The molecule has 0 aromatic heterocycles. The molecule has 14 heteroatoms. The lowest BCUT2D eigenvalue weighted by Gasteiger charge is -2.53. The monoisotopic (exact) mass is 625 g/mol. The molecule has 2 amide bonds. The Morgan fingerprint density at radius 3 is 2.38 bits per heavy atom. The zero-order valence-electron chi connectivity index (χ0n) is 21.0. The highest BCUT2D eigenvalue weighted by molar-refractivity contribution is 9.10. The number of phenolic OH excluding ortho intramolecular Hbond substituents is 1. The molecule has 0 bridgehead atoms. The number of likely N-dealkylation sites (N-methyl/N-ethyl adjacent to an activating group) is 1. The lowest BCUT2D eigenvalue weighted by atomic mass is 9.55. The van der Waals surface area contributed by atoms with Gasteiger partial charge in [0.05, 0.1) is 29.3 Å². The van der Waals surface area contributed by atoms with Gasteiger partial charge in [-0.3, -0.25) is 24.1 Å². The van der Waals surface area contributed by atoms with Gasteiger partial charge in [-0.25, -0.2) is 0 Å². The molecule has 0 aliphatic heterocycles. The minimum atomic E-state index is -3.00. The number of carbonyl (C=O) groups is 4. The van der Waals surface area contributed by atoms with Crippen molar-refractivity contribution in [2.45, 2.75) is 35.4 Å². The van der Waals surface area contributed by atoms with Gasteiger partial charge in [0.25, 0.3) is 5.91 Å². The SMILES string of the molecule is CC1c2ccc(NC(=O)C(Br)CS)c(O)c2C(=O)C2=C(O)[C@]3(O)C(=O)C(C(N)=O)=C(O)[C@@H](N(C)C)C3C(O)C21. The molecule has 5 unspecified atom stereocenters. The fourth-order valence-corrected chi connectivity index (χ4v) is 6.30. The molecule has 0 radical (unpaired) electrons. The van der Waals surface area contributed by atoms with Crippen molar-refractivity contribution in [1.29, 1.82) is 0 Å². The molecule has 4 rings (SSSR count). The molecule has 210 valence electrons. The number of halogens is 1. The Bertz CT molecular complexity index is 1380. The molecule has 0 saturated carbocycles. The smallest absolute Gasteiger partial charge is 0.255 e. The number of fused-ring (bicyclic) bond motifs is 3. The summed E-state index contributed by atoms with van der Waals surface area (Å²) >= 11 is 7.17. The van der Waals surface area contributed by atoms with Gasteiger partial charge in [0.2, 0.25) is 11.7 Å². The molecule has 39 heavy (non-hydrogen) atoms. The number of anilines is 1. The lowest BCUT2D eigenvalue weighted by molar-refractivity contribution is -0.162. The van der Waals surface area contributed by atoms with Crippen LogP contribution in [0.15, 0.2) is 34.8 Å². The molecule has 1 aromatic carbocycles. The lowest BCUT2D eigenvalue weighted by Crippen LogP contribution is -2.68. The zero-order valence-corrected chi connectivity index (χ0v) is 23.5. The Kier molecular flexibility index (Phi) is 7.40. The second kappa shape index (κ2) is 9.93. The van der Waals surface area contributed by atoms with Crippen LogP contribution in [0.5, 0.6) is 5.75 Å². The first-order valence-corrected chi connectivity index (χ1v) is 13.4. The average molecular weight is 626 g/mol. The number of primary amides is 1. The number of nitrogens with zero attached hydrogens (tertiary/aromatic N) is 1. The van der Waals surface area contributed by atoms with Crippen LogP contribution in [0.1, 0.15) is 28.8 Å². The summed E-state index contributed by atoms with van der Waals surface area (Å²) in [5.74, 6) is -10.3. The predicted octanol–water partition coefficient (Wildman–Crippen LogP) is 0.284. The number of aliphatic hydroxyl groups excluding tert-OH is 3. The second-order valence-corrected chi connectivity index (χ2v) is 11.6. The maximum absolute atomic E-state index is 13.8. The minimum absolute atomic E-state index is 0.109. The number of phenols is 1. The topological polar surface area (TPSA) is 211 Å². The van der Waals surface area contributed by atoms with Gasteiger partial charge >= 0.3 is 0 Å². The standard InChI is InChI=1S/C25H28BrN3O9S/c1-7-8-4-5-10(28-24(37)9(26)6-39)17(30)12(8)18(31)13-11(7)19(32)15-16(29(2)3)20(33)14(23(27)36)22(35)25(15,38)21(13)34/h4-5,7,9,11,15-16,19,30,32-34,38-39H,6H2,1-3H3,(H2,27,36)(H,28,37)/t7?,9?,11?,15?,16-,19?,25-/m0/s1. The third-order valence-electron chi connectivity index (χ3n) is 7.83. The van der Waals surface area contributed by atoms with Gasteiger partial charge in [-0.1, -0.05) is 28.9 Å². The summed E-state index contributed by atoms with van der Waals surface area (Å²) in [6.45, 7) is 1.61. The van der Waals surface area contributed by atoms with E-state index >= 15 is 0 Å². The summed E-state index contributed by atoms with van der Waals surface area (Å²) in [6.07, 6.45) is -1.69. The van der Waals surface area contributed by atoms with E-state index in [1.165, 1.54) is 31.1 Å². The highest BCUT2D eigenvalue weighted by Crippen LogP contribution is 2.56. The summed E-state index contributed by atoms with van der Waals surface area (Å²) in [4.78, 5) is 52.3. The number of Topliss-reactive ketones (excluding diaryl/α,β-unsaturated/α-hetero) is 2. The van der Waals surface area contributed by atoms with E-state index in [1.807, 2.05) is 0 Å². The number of nitrogens with one attached hydrogen (secondary N) is 1. The van der Waals surface area contributed by atoms with Crippen LogP contribution in [0.3, 0.4) is 0 Å². The molecular formula is C25H28BrN3O9S. The van der Waals surface area contributed by atoms with Crippen LogP contribution in [0.25, 0.3) is 0 Å². The Balaban J connectivity index is 1.95. The number of amides is 2. The van der Waals surface area contributed by atoms with Crippen molar-refractivity contribution in [2.24, 2.45) is 17.6 Å². The Labute approximate surface area is 236 Å². The van der Waals surface area contributed by atoms with E-state index in [0.29, 0.717) is 0 Å². The van der Waals surface area contributed by atoms with E-state index in [4.69, 9.17) is 5.73 Å². The van der Waals surface area contributed by atoms with Crippen LogP contribution < -0.4 is 11.1 Å². The molecule has 8 N–H and O–H groups in total. The molecule has 3 aliphatic rings. The summed E-state index contributed by atoms with van der Waals surface area (Å²) in [6, 6.07) is 1.53. The Morgan fingerprint density at radius 2 is 1.85 bits per heavy atom. The Morgan fingerprint density at radius 1 is 1.23 bits per heavy atom. The van der Waals surface area contributed by atoms with Crippen molar-refractivity contribution in [3.8, 4) is 5.75 Å². The number of ketones is 2. The quantitative estimate of drug-likeness (QED) is 0.0969. The van der Waals surface area contributed by atoms with E-state index in [2.05, 4.69) is 33.9 Å². The molecule has 1 aromatic rings. The van der Waals surface area contributed by atoms with Gasteiger partial charge < -0.3 is 36.6 Å². The van der Waals surface area contributed by atoms with E-state index in [0.717, 1.165) is 0 Å². The summed E-state index contributed by atoms with van der Waals surface area (Å²) in [5, 5.41) is 59.0. The van der Waals surface area contributed by atoms with Crippen LogP contribution in [-0.4, -0.2) is 96.2 Å². The summed E-state index contributed by atoms with van der Waals surface area (Å²) in [7, 11) is 2.92. The first-order valence-electron chi connectivity index (χ1n) is 11.9. The fourth-order valence-electron chi connectivity index (χ4n) is 6.02. The summed E-state index contributed by atoms with van der Waals surface area (Å²) < 4.78 is 0. The van der Waals surface area contributed by atoms with Gasteiger partial charge in [0.1, 0.15) is 21.9 Å². The third kappa shape index (κ3) is 3.99. The van der Waals surface area contributed by atoms with Gasteiger partial charge in [-0.15, -0.1) is 0 Å². The van der Waals surface area contributed by atoms with Crippen molar-refractivity contribution >= 4 is 57.6 Å². The number of rotatable bonds is 5. The normalized spacial score (nSPS) is 31.0. The molecule has 0 saturated heterocycles. The Hall–Kier alpha value is -2.91. The fraction of sp³-hybridized carbons (Fsp3) is 0.440. The van der Waals surface area contributed by atoms with Gasteiger partial charge in [-0.05, 0) is 31.6 Å². The minimum Gasteiger partial charge on any atom is -0.510 e. The first kappa shape index (κ1) is 29.1. The molecule has 7 atom stereocenters. The van der Waals surface area contributed by atoms with Crippen LogP contribution in [0.4, 0.5) is 5.69 Å². The largest absolute Gasteiger partial charge is 0.510 e. The number of nitrogens with two attached hydrogens (primary N) is 1. The molecule has 12 nitrogen and oxygen atoms in total. The number of benzene rings is 1. The van der Waals surface area contributed by atoms with Crippen LogP contribution in [0.2, 0.25) is 0 Å². The number of aromatic hydroxyl groups is 1. The number of thiol groups is 1. The van der Waals surface area contributed by atoms with Crippen LogP contribution >= 0.6 is 28.6 Å². The van der Waals surface area contributed by atoms with Gasteiger partial charge in [0, 0.05) is 17.2 Å². The van der Waals surface area contributed by atoms with Gasteiger partial charge in [0.15, 0.2) is 17.1 Å². The van der Waals surface area contributed by atoms with Crippen molar-refractivity contribution in [3.05, 3.63) is 45.9 Å². The molecule has 0 spiro atoms. The maximum atomic E-state index is 13.8. The van der Waals surface area contributed by atoms with E-state index in [-0.39, 0.29) is 22.6 Å². The van der Waals surface area contributed by atoms with Gasteiger partial charge in [-0.2, -0.15) is 12.6 Å². The van der Waals surface area contributed by atoms with E-state index < -0.39 is 92.1 Å². The predicted molar refractivity (Wildman–Crippen MR) is 145 cm³/mol. The average Bonchev–Trinajstić information content (AvgIpc) is 2.86. The molecule has 0 fully saturated rings. The van der Waals surface area contributed by atoms with Crippen molar-refractivity contribution in [1.82, 2.24) is 4.90 Å². The van der Waals surface area contributed by atoms with Crippen molar-refractivity contribution < 1.29 is 44.7 Å². The first-order chi connectivity index (χ1) is 18.1. The number of carbonyl (C=O) groups excluding carboxylic acids is 4. The second-order valence-electron chi connectivity index (χ2n) is 10.1. The highest BCUT2D eigenvalue weighted by Gasteiger charge is 2.67. The number of alkyl halides is 1. The molecular weight excluding hydrogens is 598 g/mol. The number of hydrogen-bond acceptors (Lipinski definition) is 11. The van der Waals surface area contributed by atoms with Crippen LogP contribution in [0, 0.1) is 11.8 Å². The number of hydrogen-bond donors (Lipinski definition) is 8. The zero-order chi connectivity index (χ0) is 29.3. The van der Waals surface area contributed by atoms with Crippen molar-refractivity contribution in [3.63, 3.8) is 0 Å². The molecule has 3 aliphatic carbocycles. The van der Waals surface area contributed by atoms with E-state index in [9.17, 15) is 44.7 Å². The van der Waals surface area contributed by atoms with E-state index in [1.54, 1.807) is 6.92 Å². The third-order valence-corrected chi connectivity index (χ3v) is 9.44. The summed E-state index contributed by atoms with van der Waals surface area (Å²) in [5.41, 5.74) is 0.682.